The summed E-state index contributed by atoms with van der Waals surface area (Å²) in [7, 11) is 1.89. The van der Waals surface area contributed by atoms with Crippen LogP contribution in [0.1, 0.15) is 117 Å². The van der Waals surface area contributed by atoms with E-state index in [1.165, 1.54) is 0 Å². The van der Waals surface area contributed by atoms with Gasteiger partial charge in [-0.15, -0.1) is 0 Å². The maximum absolute atomic E-state index is 12.1. The number of hydrogen-bond donors (Lipinski definition) is 1. The average molecular weight is 412 g/mol. The fraction of sp³-hybridized carbons (Fsp3) is 0.875. The second-order valence-electron chi connectivity index (χ2n) is 8.34. The molecule has 29 heavy (non-hydrogen) atoms. The van der Waals surface area contributed by atoms with Gasteiger partial charge in [-0.2, -0.15) is 0 Å². The van der Waals surface area contributed by atoms with Gasteiger partial charge >= 0.3 is 5.97 Å². The lowest BCUT2D eigenvalue weighted by Crippen LogP contribution is -2.19. The summed E-state index contributed by atoms with van der Waals surface area (Å²) in [6, 6.07) is 0. The molecule has 0 bridgehead atoms. The number of rotatable bonds is 21. The van der Waals surface area contributed by atoms with E-state index in [-0.39, 0.29) is 23.6 Å². The molecule has 0 saturated heterocycles. The topological polar surface area (TPSA) is 72.5 Å². The van der Waals surface area contributed by atoms with Crippen molar-refractivity contribution in [2.45, 2.75) is 123 Å². The summed E-state index contributed by atoms with van der Waals surface area (Å²) in [4.78, 5) is 34.0. The molecule has 0 aromatic rings. The van der Waals surface area contributed by atoms with E-state index in [0.29, 0.717) is 19.3 Å². The third-order valence-electron chi connectivity index (χ3n) is 5.22. The summed E-state index contributed by atoms with van der Waals surface area (Å²) in [5, 5.41) is 3.06. The molecule has 0 spiro atoms. The zero-order chi connectivity index (χ0) is 21.7. The van der Waals surface area contributed by atoms with Crippen LogP contribution < -0.4 is 5.32 Å². The van der Waals surface area contributed by atoms with Crippen molar-refractivity contribution in [1.82, 2.24) is 5.32 Å². The van der Waals surface area contributed by atoms with Crippen molar-refractivity contribution in [1.29, 1.82) is 0 Å². The Balaban J connectivity index is 4.03. The third-order valence-corrected chi connectivity index (χ3v) is 5.22. The molecule has 0 aliphatic carbocycles. The van der Waals surface area contributed by atoms with Crippen molar-refractivity contribution in [3.63, 3.8) is 0 Å². The molecule has 0 aliphatic rings. The largest absolute Gasteiger partial charge is 0.462 e. The number of Topliss-reactive ketones (excluding diaryl/α,β-unsaturated/α-hetero) is 2. The van der Waals surface area contributed by atoms with Gasteiger partial charge in [-0.05, 0) is 72.4 Å². The lowest BCUT2D eigenvalue weighted by atomic mass is 10.0. The van der Waals surface area contributed by atoms with Gasteiger partial charge in [0, 0.05) is 19.3 Å². The van der Waals surface area contributed by atoms with Crippen molar-refractivity contribution in [3.05, 3.63) is 0 Å². The number of nitrogens with one attached hydrogen (secondary N) is 1. The van der Waals surface area contributed by atoms with Crippen molar-refractivity contribution >= 4 is 17.5 Å². The number of carbonyl (C=O) groups excluding carboxylic acids is 3. The zero-order valence-corrected chi connectivity index (χ0v) is 19.2. The molecule has 0 radical (unpaired) electrons. The highest BCUT2D eigenvalue weighted by Crippen LogP contribution is 2.17. The molecule has 0 aliphatic heterocycles. The van der Waals surface area contributed by atoms with Crippen LogP contribution in [-0.2, 0) is 19.1 Å². The Kier molecular flexibility index (Phi) is 19.2. The van der Waals surface area contributed by atoms with E-state index < -0.39 is 0 Å². The molecule has 0 atom stereocenters. The summed E-state index contributed by atoms with van der Waals surface area (Å²) < 4.78 is 5.76. The molecule has 0 heterocycles. The van der Waals surface area contributed by atoms with Gasteiger partial charge in [0.15, 0.2) is 0 Å². The van der Waals surface area contributed by atoms with E-state index in [4.69, 9.17) is 4.74 Å². The van der Waals surface area contributed by atoms with Crippen LogP contribution in [0.5, 0.6) is 0 Å². The molecule has 5 nitrogen and oxygen atoms in total. The molecule has 1 N–H and O–H groups in total. The van der Waals surface area contributed by atoms with Gasteiger partial charge < -0.3 is 19.6 Å². The van der Waals surface area contributed by atoms with Gasteiger partial charge in [-0.25, -0.2) is 0 Å². The first-order chi connectivity index (χ1) is 14.0. The first-order valence-corrected chi connectivity index (χ1v) is 11.8. The Morgan fingerprint density at radius 1 is 0.655 bits per heavy atom. The van der Waals surface area contributed by atoms with Gasteiger partial charge in [0.25, 0.3) is 0 Å². The first-order valence-electron chi connectivity index (χ1n) is 11.8. The van der Waals surface area contributed by atoms with Crippen LogP contribution in [0.4, 0.5) is 0 Å². The first kappa shape index (κ1) is 27.8. The number of unbranched alkanes of at least 4 members (excludes halogenated alkanes) is 8. The van der Waals surface area contributed by atoms with Crippen LogP contribution in [0, 0.1) is 0 Å². The Morgan fingerprint density at radius 3 is 1.55 bits per heavy atom. The normalized spacial score (nSPS) is 11.0. The number of ketones is 2. The summed E-state index contributed by atoms with van der Waals surface area (Å²) in [6.45, 7) is 4.14. The van der Waals surface area contributed by atoms with Crippen LogP contribution in [0.3, 0.4) is 0 Å². The fourth-order valence-corrected chi connectivity index (χ4v) is 3.47. The zero-order valence-electron chi connectivity index (χ0n) is 19.2. The summed E-state index contributed by atoms with van der Waals surface area (Å²) in [6.07, 6.45) is 15.5. The predicted molar refractivity (Wildman–Crippen MR) is 119 cm³/mol. The van der Waals surface area contributed by atoms with Crippen LogP contribution in [-0.4, -0.2) is 37.2 Å². The predicted octanol–water partition coefficient (Wildman–Crippen LogP) is 5.54. The highest BCUT2D eigenvalue weighted by Gasteiger charge is 2.14. The average Bonchev–Trinajstić information content (AvgIpc) is 2.65. The summed E-state index contributed by atoms with van der Waals surface area (Å²) >= 11 is 0. The van der Waals surface area contributed by atoms with Gasteiger partial charge in [-0.1, -0.05) is 38.5 Å². The number of ether oxygens (including phenoxy) is 1. The van der Waals surface area contributed by atoms with Crippen LogP contribution >= 0.6 is 0 Å². The van der Waals surface area contributed by atoms with E-state index >= 15 is 0 Å². The van der Waals surface area contributed by atoms with Gasteiger partial charge in [0.2, 0.25) is 0 Å². The molecule has 0 fully saturated rings. The van der Waals surface area contributed by atoms with Crippen LogP contribution in [0.15, 0.2) is 0 Å². The van der Waals surface area contributed by atoms with Crippen molar-refractivity contribution in [2.24, 2.45) is 0 Å². The minimum atomic E-state index is -0.0758. The quantitative estimate of drug-likeness (QED) is 0.198. The van der Waals surface area contributed by atoms with Gasteiger partial charge in [-0.3, -0.25) is 4.79 Å². The molecule has 0 unspecified atom stereocenters. The minimum Gasteiger partial charge on any atom is -0.462 e. The number of esters is 1. The van der Waals surface area contributed by atoms with E-state index in [1.807, 2.05) is 7.05 Å². The molecule has 0 amide bonds. The van der Waals surface area contributed by atoms with Gasteiger partial charge in [0.05, 0.1) is 0 Å². The monoisotopic (exact) mass is 411 g/mol. The van der Waals surface area contributed by atoms with E-state index in [2.05, 4.69) is 5.32 Å². The molecule has 0 rings (SSSR count). The Morgan fingerprint density at radius 2 is 1.10 bits per heavy atom. The Bertz CT molecular complexity index is 409. The lowest BCUT2D eigenvalue weighted by molar-refractivity contribution is -0.150. The highest BCUT2D eigenvalue weighted by atomic mass is 16.5. The fourth-order valence-electron chi connectivity index (χ4n) is 3.47. The second-order valence-corrected chi connectivity index (χ2v) is 8.34. The van der Waals surface area contributed by atoms with E-state index in [1.54, 1.807) is 13.8 Å². The SMILES string of the molecule is CNCCCC(=O)OC(CCCCCCCC(C)=O)CCCCCCCC(C)=O. The minimum absolute atomic E-state index is 0.0338. The molecular formula is C24H45NO4. The molecule has 170 valence electrons. The van der Waals surface area contributed by atoms with Crippen LogP contribution in [0.2, 0.25) is 0 Å². The maximum Gasteiger partial charge on any atom is 0.306 e. The summed E-state index contributed by atoms with van der Waals surface area (Å²) in [5.41, 5.74) is 0. The molecular weight excluding hydrogens is 366 g/mol. The smallest absolute Gasteiger partial charge is 0.306 e. The van der Waals surface area contributed by atoms with E-state index in [0.717, 1.165) is 90.0 Å². The standard InChI is InChI=1S/C24H45NO4/c1-21(26)15-10-6-4-8-12-17-23(29-24(28)19-14-20-25-3)18-13-9-5-7-11-16-22(2)27/h23,25H,4-20H2,1-3H3. The maximum atomic E-state index is 12.1. The van der Waals surface area contributed by atoms with Gasteiger partial charge in [0.1, 0.15) is 17.7 Å². The molecule has 0 aromatic heterocycles. The van der Waals surface area contributed by atoms with Crippen molar-refractivity contribution in [3.8, 4) is 0 Å². The molecule has 0 saturated carbocycles. The molecule has 5 heteroatoms. The summed E-state index contributed by atoms with van der Waals surface area (Å²) in [5.74, 6) is 0.473. The number of carbonyl (C=O) groups is 3. The van der Waals surface area contributed by atoms with Crippen molar-refractivity contribution < 1.29 is 19.1 Å². The highest BCUT2D eigenvalue weighted by molar-refractivity contribution is 5.75. The molecule has 0 aromatic carbocycles. The number of hydrogen-bond acceptors (Lipinski definition) is 5. The second kappa shape index (κ2) is 20.1. The van der Waals surface area contributed by atoms with Crippen molar-refractivity contribution in [2.75, 3.05) is 13.6 Å². The van der Waals surface area contributed by atoms with E-state index in [9.17, 15) is 14.4 Å². The van der Waals surface area contributed by atoms with Crippen LogP contribution in [0.25, 0.3) is 0 Å². The Labute approximate surface area is 178 Å². The Hall–Kier alpha value is -1.23. The lowest BCUT2D eigenvalue weighted by Gasteiger charge is -2.18. The third kappa shape index (κ3) is 21.3.